The number of aromatic amines is 1. The van der Waals surface area contributed by atoms with E-state index in [2.05, 4.69) is 97.7 Å². The molecule has 4 atom stereocenters. The lowest BCUT2D eigenvalue weighted by atomic mass is 9.80. The van der Waals surface area contributed by atoms with Crippen LogP contribution in [0.2, 0.25) is 0 Å². The van der Waals surface area contributed by atoms with Gasteiger partial charge in [-0.1, -0.05) is 115 Å². The Bertz CT molecular complexity index is 3250. The molecule has 12 nitrogen and oxygen atoms in total. The van der Waals surface area contributed by atoms with Crippen molar-refractivity contribution in [2.45, 2.75) is 76.7 Å². The van der Waals surface area contributed by atoms with Gasteiger partial charge in [0, 0.05) is 30.3 Å². The maximum Gasteiger partial charge on any atom is 0.330 e. The van der Waals surface area contributed by atoms with E-state index in [0.717, 1.165) is 49.2 Å². The summed E-state index contributed by atoms with van der Waals surface area (Å²) in [7, 11) is 1.50. The fourth-order valence-electron chi connectivity index (χ4n) is 9.59. The molecule has 1 N–H and O–H groups in total. The van der Waals surface area contributed by atoms with Crippen molar-refractivity contribution < 1.29 is 28.0 Å². The summed E-state index contributed by atoms with van der Waals surface area (Å²) in [5.74, 6) is 7.74. The van der Waals surface area contributed by atoms with Gasteiger partial charge in [-0.15, -0.1) is 0 Å². The molecule has 1 aliphatic heterocycles. The van der Waals surface area contributed by atoms with Crippen molar-refractivity contribution in [1.29, 1.82) is 5.26 Å². The second-order valence-corrected chi connectivity index (χ2v) is 19.2. The molecule has 356 valence electrons. The Morgan fingerprint density at radius 1 is 0.743 bits per heavy atom. The van der Waals surface area contributed by atoms with Crippen LogP contribution >= 0.6 is 8.53 Å². The first-order valence-corrected chi connectivity index (χ1v) is 24.6. The van der Waals surface area contributed by atoms with E-state index >= 15 is 0 Å². The quantitative estimate of drug-likeness (QED) is 0.0309. The van der Waals surface area contributed by atoms with E-state index in [1.165, 1.54) is 16.2 Å². The van der Waals surface area contributed by atoms with Gasteiger partial charge in [-0.2, -0.15) is 5.26 Å². The van der Waals surface area contributed by atoms with Crippen LogP contribution in [-0.2, 0) is 24.1 Å². The zero-order valence-electron chi connectivity index (χ0n) is 40.0. The Kier molecular flexibility index (Phi) is 14.5. The molecule has 0 aliphatic carbocycles. The minimum atomic E-state index is -1.75. The fourth-order valence-corrected chi connectivity index (χ4v) is 11.3. The molecule has 0 saturated carbocycles. The summed E-state index contributed by atoms with van der Waals surface area (Å²) in [6.07, 6.45) is -0.537. The Hall–Kier alpha value is -6.86. The first-order chi connectivity index (χ1) is 34.0. The minimum absolute atomic E-state index is 0.0156. The third-order valence-corrected chi connectivity index (χ3v) is 15.0. The van der Waals surface area contributed by atoms with Crippen LogP contribution in [0, 0.1) is 23.2 Å². The van der Waals surface area contributed by atoms with Crippen LogP contribution in [0.3, 0.4) is 0 Å². The Labute approximate surface area is 408 Å². The molecule has 0 spiro atoms. The van der Waals surface area contributed by atoms with Gasteiger partial charge in [0.1, 0.15) is 35.0 Å². The lowest BCUT2D eigenvalue weighted by Crippen LogP contribution is -2.39. The largest absolute Gasteiger partial charge is 0.497 e. The summed E-state index contributed by atoms with van der Waals surface area (Å²) in [6.45, 7) is 8.44. The summed E-state index contributed by atoms with van der Waals surface area (Å²) in [5, 5.41) is 16.1. The topological polar surface area (TPSA) is 137 Å². The SMILES string of the molecule is COc1ccc(C(OCC2OC(n3cc(C#Cc4ccc5ccc6cccc7ccc4c5c67)c(=O)[nH]c3=O)CC2OP(OCCC#N)N(C(C)C)C(C)C)(c2ccccc2)c2ccc(OC)cc2)cc1. The number of H-pyrrole nitrogens is 1. The zero-order chi connectivity index (χ0) is 48.9. The number of nitriles is 1. The smallest absolute Gasteiger partial charge is 0.330 e. The Morgan fingerprint density at radius 3 is 1.94 bits per heavy atom. The van der Waals surface area contributed by atoms with E-state index < -0.39 is 43.8 Å². The molecule has 7 aromatic carbocycles. The lowest BCUT2D eigenvalue weighted by Gasteiger charge is -2.39. The van der Waals surface area contributed by atoms with Crippen LogP contribution in [-0.4, -0.2) is 65.9 Å². The predicted molar refractivity (Wildman–Crippen MR) is 274 cm³/mol. The van der Waals surface area contributed by atoms with Crippen LogP contribution in [0.4, 0.5) is 0 Å². The van der Waals surface area contributed by atoms with Gasteiger partial charge < -0.3 is 28.0 Å². The number of nitrogens with one attached hydrogen (secondary N) is 1. The third-order valence-electron chi connectivity index (χ3n) is 12.8. The number of rotatable bonds is 17. The number of nitrogens with zero attached hydrogens (tertiary/aromatic N) is 3. The van der Waals surface area contributed by atoms with Crippen molar-refractivity contribution in [1.82, 2.24) is 14.2 Å². The van der Waals surface area contributed by atoms with Crippen LogP contribution in [0.1, 0.15) is 74.6 Å². The van der Waals surface area contributed by atoms with Crippen molar-refractivity contribution in [3.05, 3.63) is 188 Å². The predicted octanol–water partition coefficient (Wildman–Crippen LogP) is 10.8. The van der Waals surface area contributed by atoms with Crippen molar-refractivity contribution in [3.63, 3.8) is 0 Å². The number of aromatic nitrogens is 2. The molecule has 70 heavy (non-hydrogen) atoms. The second-order valence-electron chi connectivity index (χ2n) is 17.8. The van der Waals surface area contributed by atoms with E-state index in [0.29, 0.717) is 11.5 Å². The highest BCUT2D eigenvalue weighted by molar-refractivity contribution is 7.44. The molecule has 1 aromatic heterocycles. The molecular weight excluding hydrogens is 900 g/mol. The molecule has 1 fully saturated rings. The molecule has 13 heteroatoms. The standard InChI is InChI=1S/C57H55N4O8P/c1-37(2)61(38(3)4)70(67-33-11-32-58)69-50-34-52(60-35-43(55(62)59-56(60)63)21-17-39-16-18-42-20-19-40-12-10-13-41-22-31-49(39)54(42)53(40)41)68-51(50)36-66-57(44-14-8-7-9-15-44,45-23-27-47(64-5)28-24-45)46-25-29-48(65-6)30-26-46/h7-10,12-16,18-20,22-31,35,37-38,50-52H,11,33-34,36H2,1-6H3,(H,59,62,63). The number of ether oxygens (including phenoxy) is 4. The van der Waals surface area contributed by atoms with E-state index in [4.69, 9.17) is 28.0 Å². The summed E-state index contributed by atoms with van der Waals surface area (Å²) in [5.41, 5.74) is 0.912. The molecule has 8 aromatic rings. The average Bonchev–Trinajstić information content (AvgIpc) is 3.77. The Balaban J connectivity index is 1.11. The number of hydrogen-bond donors (Lipinski definition) is 1. The van der Waals surface area contributed by atoms with Gasteiger partial charge in [-0.3, -0.25) is 14.3 Å². The molecule has 1 aliphatic rings. The van der Waals surface area contributed by atoms with E-state index in [1.54, 1.807) is 14.2 Å². The van der Waals surface area contributed by atoms with E-state index in [1.807, 2.05) is 91.0 Å². The first kappa shape index (κ1) is 48.2. The maximum atomic E-state index is 13.9. The van der Waals surface area contributed by atoms with Crippen LogP contribution < -0.4 is 20.7 Å². The summed E-state index contributed by atoms with van der Waals surface area (Å²) in [4.78, 5) is 30.0. The highest BCUT2D eigenvalue weighted by Crippen LogP contribution is 2.51. The summed E-state index contributed by atoms with van der Waals surface area (Å²) in [6, 6.07) is 46.4. The highest BCUT2D eigenvalue weighted by atomic mass is 31.2. The van der Waals surface area contributed by atoms with E-state index in [-0.39, 0.29) is 43.7 Å². The van der Waals surface area contributed by atoms with Gasteiger partial charge in [-0.05, 0) is 107 Å². The van der Waals surface area contributed by atoms with E-state index in [9.17, 15) is 14.9 Å². The summed E-state index contributed by atoms with van der Waals surface area (Å²) < 4.78 is 42.4. The molecule has 0 bridgehead atoms. The van der Waals surface area contributed by atoms with Gasteiger partial charge in [-0.25, -0.2) is 9.46 Å². The van der Waals surface area contributed by atoms with Gasteiger partial charge in [0.2, 0.25) is 0 Å². The molecule has 1 saturated heterocycles. The van der Waals surface area contributed by atoms with Gasteiger partial charge >= 0.3 is 5.69 Å². The Morgan fingerprint density at radius 2 is 1.33 bits per heavy atom. The van der Waals surface area contributed by atoms with Crippen LogP contribution in [0.5, 0.6) is 11.5 Å². The highest BCUT2D eigenvalue weighted by Gasteiger charge is 2.45. The molecule has 2 heterocycles. The van der Waals surface area contributed by atoms with Gasteiger partial charge in [0.15, 0.2) is 0 Å². The molecule has 0 amide bonds. The van der Waals surface area contributed by atoms with Crippen molar-refractivity contribution in [2.24, 2.45) is 0 Å². The monoisotopic (exact) mass is 954 g/mol. The molecule has 9 rings (SSSR count). The van der Waals surface area contributed by atoms with Crippen molar-refractivity contribution >= 4 is 40.8 Å². The molecular formula is C57H55N4O8P. The summed E-state index contributed by atoms with van der Waals surface area (Å²) >= 11 is 0. The molecule has 0 radical (unpaired) electrons. The maximum absolute atomic E-state index is 13.9. The fraction of sp³-hybridized carbons (Fsp3) is 0.281. The molecule has 4 unspecified atom stereocenters. The normalized spacial score (nSPS) is 16.5. The van der Waals surface area contributed by atoms with Crippen LogP contribution in [0.25, 0.3) is 32.3 Å². The van der Waals surface area contributed by atoms with Crippen molar-refractivity contribution in [3.8, 4) is 29.4 Å². The average molecular weight is 955 g/mol. The minimum Gasteiger partial charge on any atom is -0.497 e. The van der Waals surface area contributed by atoms with Crippen LogP contribution in [0.15, 0.2) is 149 Å². The lowest BCUT2D eigenvalue weighted by molar-refractivity contribution is -0.0925. The number of hydrogen-bond acceptors (Lipinski definition) is 10. The third kappa shape index (κ3) is 9.55. The second kappa shape index (κ2) is 21.0. The van der Waals surface area contributed by atoms with Crippen molar-refractivity contribution in [2.75, 3.05) is 27.4 Å². The van der Waals surface area contributed by atoms with Gasteiger partial charge in [0.05, 0.1) is 46.0 Å². The number of methoxy groups -OCH3 is 2. The zero-order valence-corrected chi connectivity index (χ0v) is 40.9. The van der Waals surface area contributed by atoms with Gasteiger partial charge in [0.25, 0.3) is 14.1 Å². The number of benzene rings is 7. The first-order valence-electron chi connectivity index (χ1n) is 23.5.